The number of aryl methyl sites for hydroxylation is 1. The molecule has 0 radical (unpaired) electrons. The predicted octanol–water partition coefficient (Wildman–Crippen LogP) is 1.26. The number of H-pyrrole nitrogens is 1. The van der Waals surface area contributed by atoms with Crippen molar-refractivity contribution in [3.63, 3.8) is 0 Å². The summed E-state index contributed by atoms with van der Waals surface area (Å²) >= 11 is 1.85. The summed E-state index contributed by atoms with van der Waals surface area (Å²) in [5.41, 5.74) is 1.53. The van der Waals surface area contributed by atoms with Crippen LogP contribution in [0.2, 0.25) is 0 Å². The second kappa shape index (κ2) is 6.95. The van der Waals surface area contributed by atoms with Gasteiger partial charge in [0, 0.05) is 53.8 Å². The van der Waals surface area contributed by atoms with Crippen molar-refractivity contribution in [2.45, 2.75) is 13.3 Å². The molecule has 0 bridgehead atoms. The highest BCUT2D eigenvalue weighted by Crippen LogP contribution is 2.14. The lowest BCUT2D eigenvalue weighted by Crippen LogP contribution is -2.39. The molecule has 1 aliphatic heterocycles. The van der Waals surface area contributed by atoms with Gasteiger partial charge in [-0.2, -0.15) is 11.8 Å². The number of hydrogen-bond donors (Lipinski definition) is 1. The third-order valence-corrected chi connectivity index (χ3v) is 4.79. The summed E-state index contributed by atoms with van der Waals surface area (Å²) in [5.74, 6) is 2.39. The Balaban J connectivity index is 1.83. The number of rotatable bonds is 3. The fraction of sp³-hybridized carbons (Fsp3) is 0.375. The number of amides is 1. The van der Waals surface area contributed by atoms with Gasteiger partial charge in [-0.05, 0) is 19.1 Å². The highest BCUT2D eigenvalue weighted by molar-refractivity contribution is 7.99. The number of thioether (sulfide) groups is 1. The predicted molar refractivity (Wildman–Crippen MR) is 90.4 cm³/mol. The number of carbonyl (C=O) groups excluding carboxylic acids is 1. The fourth-order valence-electron chi connectivity index (χ4n) is 2.53. The third kappa shape index (κ3) is 3.61. The number of pyridine rings is 1. The normalized spacial score (nSPS) is 14.7. The lowest BCUT2D eigenvalue weighted by molar-refractivity contribution is -0.130. The van der Waals surface area contributed by atoms with E-state index in [1.165, 1.54) is 0 Å². The highest BCUT2D eigenvalue weighted by atomic mass is 32.2. The average molecular weight is 330 g/mol. The molecule has 1 saturated heterocycles. The summed E-state index contributed by atoms with van der Waals surface area (Å²) in [4.78, 5) is 37.8. The van der Waals surface area contributed by atoms with Gasteiger partial charge in [-0.25, -0.2) is 4.98 Å². The monoisotopic (exact) mass is 330 g/mol. The fourth-order valence-corrected chi connectivity index (χ4v) is 3.44. The summed E-state index contributed by atoms with van der Waals surface area (Å²) in [6.45, 7) is 3.27. The van der Waals surface area contributed by atoms with Crippen LogP contribution < -0.4 is 5.56 Å². The van der Waals surface area contributed by atoms with Gasteiger partial charge in [0.25, 0.3) is 5.56 Å². The van der Waals surface area contributed by atoms with E-state index in [9.17, 15) is 9.59 Å². The highest BCUT2D eigenvalue weighted by Gasteiger charge is 2.20. The molecule has 6 nitrogen and oxygen atoms in total. The SMILES string of the molecule is Cc1nc(-c2cccnc2)[nH]c(=O)c1CC(=O)N1CCSCC1. The first-order valence-electron chi connectivity index (χ1n) is 7.51. The van der Waals surface area contributed by atoms with Crippen LogP contribution in [-0.4, -0.2) is 50.4 Å². The van der Waals surface area contributed by atoms with Gasteiger partial charge in [0.15, 0.2) is 0 Å². The lowest BCUT2D eigenvalue weighted by Gasteiger charge is -2.26. The van der Waals surface area contributed by atoms with Gasteiger partial charge in [0.2, 0.25) is 5.91 Å². The van der Waals surface area contributed by atoms with Crippen LogP contribution in [0.5, 0.6) is 0 Å². The number of carbonyl (C=O) groups is 1. The van der Waals surface area contributed by atoms with E-state index in [0.29, 0.717) is 17.1 Å². The van der Waals surface area contributed by atoms with Crippen LogP contribution in [0.4, 0.5) is 0 Å². The largest absolute Gasteiger partial charge is 0.341 e. The zero-order valence-electron chi connectivity index (χ0n) is 12.9. The second-order valence-corrected chi connectivity index (χ2v) is 6.61. The minimum absolute atomic E-state index is 0.00479. The zero-order valence-corrected chi connectivity index (χ0v) is 13.7. The Kier molecular flexibility index (Phi) is 4.76. The van der Waals surface area contributed by atoms with Gasteiger partial charge in [0.05, 0.1) is 6.42 Å². The molecular formula is C16H18N4O2S. The van der Waals surface area contributed by atoms with E-state index < -0.39 is 0 Å². The summed E-state index contributed by atoms with van der Waals surface area (Å²) in [7, 11) is 0. The maximum Gasteiger partial charge on any atom is 0.255 e. The molecule has 1 aliphatic rings. The molecule has 7 heteroatoms. The van der Waals surface area contributed by atoms with Gasteiger partial charge >= 0.3 is 0 Å². The standard InChI is InChI=1S/C16H18N4O2S/c1-11-13(9-14(21)20-5-7-23-8-6-20)16(22)19-15(18-11)12-3-2-4-17-10-12/h2-4,10H,5-9H2,1H3,(H,18,19,22). The summed E-state index contributed by atoms with van der Waals surface area (Å²) in [5, 5.41) is 0. The molecule has 3 rings (SSSR count). The molecule has 0 unspecified atom stereocenters. The molecule has 1 N–H and O–H groups in total. The molecule has 1 amide bonds. The molecule has 23 heavy (non-hydrogen) atoms. The molecule has 0 spiro atoms. The lowest BCUT2D eigenvalue weighted by atomic mass is 10.1. The van der Waals surface area contributed by atoms with Crippen molar-refractivity contribution in [3.05, 3.63) is 46.1 Å². The summed E-state index contributed by atoms with van der Waals surface area (Å²) in [6.07, 6.45) is 3.42. The van der Waals surface area contributed by atoms with E-state index in [0.717, 1.165) is 30.2 Å². The average Bonchev–Trinajstić information content (AvgIpc) is 2.59. The van der Waals surface area contributed by atoms with Gasteiger partial charge in [-0.3, -0.25) is 14.6 Å². The Bertz CT molecular complexity index is 754. The number of nitrogens with zero attached hydrogens (tertiary/aromatic N) is 3. The van der Waals surface area contributed by atoms with Crippen molar-refractivity contribution < 1.29 is 4.79 Å². The molecular weight excluding hydrogens is 312 g/mol. The van der Waals surface area contributed by atoms with Crippen LogP contribution in [0.3, 0.4) is 0 Å². The van der Waals surface area contributed by atoms with E-state index in [1.807, 2.05) is 22.7 Å². The van der Waals surface area contributed by atoms with Crippen molar-refractivity contribution in [1.82, 2.24) is 19.9 Å². The number of aromatic nitrogens is 3. The Morgan fingerprint density at radius 1 is 1.39 bits per heavy atom. The first kappa shape index (κ1) is 15.7. The van der Waals surface area contributed by atoms with Crippen molar-refractivity contribution in [2.75, 3.05) is 24.6 Å². The minimum Gasteiger partial charge on any atom is -0.341 e. The van der Waals surface area contributed by atoms with Crippen LogP contribution in [-0.2, 0) is 11.2 Å². The van der Waals surface area contributed by atoms with Crippen LogP contribution in [0.1, 0.15) is 11.3 Å². The van der Waals surface area contributed by atoms with Crippen LogP contribution in [0.15, 0.2) is 29.3 Å². The van der Waals surface area contributed by atoms with Crippen molar-refractivity contribution in [1.29, 1.82) is 0 Å². The first-order valence-corrected chi connectivity index (χ1v) is 8.66. The number of nitrogens with one attached hydrogen (secondary N) is 1. The van der Waals surface area contributed by atoms with Crippen molar-refractivity contribution in [2.24, 2.45) is 0 Å². The summed E-state index contributed by atoms with van der Waals surface area (Å²) < 4.78 is 0. The molecule has 0 atom stereocenters. The van der Waals surface area contributed by atoms with Gasteiger partial charge in [-0.1, -0.05) is 0 Å². The van der Waals surface area contributed by atoms with Crippen LogP contribution in [0.25, 0.3) is 11.4 Å². The van der Waals surface area contributed by atoms with E-state index >= 15 is 0 Å². The number of aromatic amines is 1. The smallest absolute Gasteiger partial charge is 0.255 e. The summed E-state index contributed by atoms with van der Waals surface area (Å²) in [6, 6.07) is 3.62. The molecule has 1 fully saturated rings. The Morgan fingerprint density at radius 2 is 2.17 bits per heavy atom. The first-order chi connectivity index (χ1) is 11.1. The minimum atomic E-state index is -0.254. The maximum absolute atomic E-state index is 12.4. The maximum atomic E-state index is 12.4. The van der Waals surface area contributed by atoms with Crippen molar-refractivity contribution in [3.8, 4) is 11.4 Å². The van der Waals surface area contributed by atoms with E-state index in [1.54, 1.807) is 25.4 Å². The van der Waals surface area contributed by atoms with E-state index in [-0.39, 0.29) is 17.9 Å². The molecule has 3 heterocycles. The van der Waals surface area contributed by atoms with Crippen molar-refractivity contribution >= 4 is 17.7 Å². The van der Waals surface area contributed by atoms with Gasteiger partial charge < -0.3 is 9.88 Å². The Morgan fingerprint density at radius 3 is 2.83 bits per heavy atom. The quantitative estimate of drug-likeness (QED) is 0.916. The van der Waals surface area contributed by atoms with Gasteiger partial charge in [0.1, 0.15) is 5.82 Å². The molecule has 0 aromatic carbocycles. The Labute approximate surface area is 138 Å². The van der Waals surface area contributed by atoms with E-state index in [2.05, 4.69) is 15.0 Å². The van der Waals surface area contributed by atoms with Crippen LogP contribution in [0, 0.1) is 6.92 Å². The third-order valence-electron chi connectivity index (χ3n) is 3.85. The molecule has 2 aromatic heterocycles. The van der Waals surface area contributed by atoms with Gasteiger partial charge in [-0.15, -0.1) is 0 Å². The number of hydrogen-bond acceptors (Lipinski definition) is 5. The zero-order chi connectivity index (χ0) is 16.2. The Hall–Kier alpha value is -2.15. The molecule has 0 aliphatic carbocycles. The molecule has 120 valence electrons. The second-order valence-electron chi connectivity index (χ2n) is 5.39. The van der Waals surface area contributed by atoms with E-state index in [4.69, 9.17) is 0 Å². The topological polar surface area (TPSA) is 79.0 Å². The molecule has 0 saturated carbocycles. The van der Waals surface area contributed by atoms with Crippen LogP contribution >= 0.6 is 11.8 Å². The molecule has 2 aromatic rings.